The molecule has 0 atom stereocenters. The predicted molar refractivity (Wildman–Crippen MR) is 198 cm³/mol. The van der Waals surface area contributed by atoms with E-state index in [1.54, 1.807) is 0 Å². The van der Waals surface area contributed by atoms with Gasteiger partial charge in [0.05, 0.1) is 22.1 Å². The summed E-state index contributed by atoms with van der Waals surface area (Å²) in [5.74, 6) is 0.816. The average Bonchev–Trinajstić information content (AvgIpc) is 3.65. The molecule has 0 aliphatic heterocycles. The van der Waals surface area contributed by atoms with Gasteiger partial charge in [0.15, 0.2) is 5.82 Å². The lowest BCUT2D eigenvalue weighted by Gasteiger charge is -2.15. The van der Waals surface area contributed by atoms with Crippen molar-refractivity contribution in [3.05, 3.63) is 140 Å². The van der Waals surface area contributed by atoms with Gasteiger partial charge in [0.25, 0.3) is 0 Å². The second-order valence-corrected chi connectivity index (χ2v) is 12.9. The van der Waals surface area contributed by atoms with Crippen molar-refractivity contribution in [2.45, 2.75) is 0 Å². The van der Waals surface area contributed by atoms with Crippen LogP contribution in [0.15, 0.2) is 144 Å². The Morgan fingerprint density at radius 3 is 1.69 bits per heavy atom. The van der Waals surface area contributed by atoms with Gasteiger partial charge in [-0.15, -0.1) is 0 Å². The molecule has 0 aliphatic carbocycles. The van der Waals surface area contributed by atoms with Crippen LogP contribution in [0, 0.1) is 0 Å². The summed E-state index contributed by atoms with van der Waals surface area (Å²) in [6.45, 7) is 0. The minimum Gasteiger partial charge on any atom is -0.456 e. The smallest absolute Gasteiger partial charge is 0.165 e. The van der Waals surface area contributed by atoms with Gasteiger partial charge in [0.2, 0.25) is 0 Å². The Kier molecular flexibility index (Phi) is 4.44. The Balaban J connectivity index is 1.29. The lowest BCUT2D eigenvalue weighted by atomic mass is 9.94. The van der Waals surface area contributed by atoms with Gasteiger partial charge in [-0.05, 0) is 75.1 Å². The van der Waals surface area contributed by atoms with Gasteiger partial charge >= 0.3 is 0 Å². The van der Waals surface area contributed by atoms with Crippen molar-refractivity contribution in [3.8, 4) is 28.2 Å². The van der Waals surface area contributed by atoms with Crippen LogP contribution < -0.4 is 0 Å². The van der Waals surface area contributed by atoms with Crippen LogP contribution in [0.3, 0.4) is 0 Å². The van der Waals surface area contributed by atoms with E-state index in [0.717, 1.165) is 55.9 Å². The molecule has 0 spiro atoms. The molecule has 0 aliphatic rings. The third kappa shape index (κ3) is 3.00. The molecule has 0 bridgehead atoms. The molecule has 4 nitrogen and oxygen atoms in total. The first-order valence-corrected chi connectivity index (χ1v) is 16.3. The summed E-state index contributed by atoms with van der Waals surface area (Å²) in [6, 6.07) is 49.6. The van der Waals surface area contributed by atoms with Crippen LogP contribution in [0.4, 0.5) is 0 Å². The molecule has 4 heteroatoms. The average molecular weight is 610 g/mol. The molecule has 0 unspecified atom stereocenters. The molecule has 0 amide bonds. The van der Waals surface area contributed by atoms with Gasteiger partial charge in [-0.25, -0.2) is 9.97 Å². The quantitative estimate of drug-likeness (QED) is 0.187. The third-order valence-electron chi connectivity index (χ3n) is 10.4. The largest absolute Gasteiger partial charge is 0.456 e. The number of fused-ring (bicyclic) bond motifs is 1. The van der Waals surface area contributed by atoms with Crippen LogP contribution >= 0.6 is 0 Å². The van der Waals surface area contributed by atoms with Crippen LogP contribution in [0.1, 0.15) is 0 Å². The van der Waals surface area contributed by atoms with E-state index in [0.29, 0.717) is 0 Å². The van der Waals surface area contributed by atoms with E-state index in [4.69, 9.17) is 14.4 Å². The Morgan fingerprint density at radius 2 is 0.917 bits per heavy atom. The summed E-state index contributed by atoms with van der Waals surface area (Å²) >= 11 is 0. The molecule has 9 aromatic carbocycles. The van der Waals surface area contributed by atoms with E-state index in [1.165, 1.54) is 59.4 Å². The maximum atomic E-state index is 6.59. The number of nitrogens with zero attached hydrogens (tertiary/aromatic N) is 3. The summed E-state index contributed by atoms with van der Waals surface area (Å²) in [5.41, 5.74) is 9.96. The molecular formula is C44H23N3O. The van der Waals surface area contributed by atoms with E-state index in [2.05, 4.69) is 132 Å². The van der Waals surface area contributed by atoms with Crippen molar-refractivity contribution < 1.29 is 4.42 Å². The number of aromatic nitrogens is 3. The van der Waals surface area contributed by atoms with Gasteiger partial charge < -0.3 is 4.42 Å². The summed E-state index contributed by atoms with van der Waals surface area (Å²) in [5, 5.41) is 12.4. The SMILES string of the molecule is c1ccc(-c2cccc(-c3nc4ccccc4nc3-n3c4ccc5ccc6ccc7ccc8oc9ccc3c3c9c8c7c6c5c34)c2)cc1. The lowest BCUT2D eigenvalue weighted by Crippen LogP contribution is -2.04. The zero-order valence-corrected chi connectivity index (χ0v) is 25.5. The Morgan fingerprint density at radius 1 is 0.396 bits per heavy atom. The van der Waals surface area contributed by atoms with Crippen LogP contribution in [-0.4, -0.2) is 14.5 Å². The first kappa shape index (κ1) is 24.7. The first-order valence-electron chi connectivity index (χ1n) is 16.3. The summed E-state index contributed by atoms with van der Waals surface area (Å²) in [7, 11) is 0. The van der Waals surface area contributed by atoms with Crippen LogP contribution in [0.5, 0.6) is 0 Å². The molecular weight excluding hydrogens is 587 g/mol. The second-order valence-electron chi connectivity index (χ2n) is 12.9. The predicted octanol–water partition coefficient (Wildman–Crippen LogP) is 11.7. The maximum Gasteiger partial charge on any atom is 0.165 e. The molecule has 220 valence electrons. The van der Waals surface area contributed by atoms with Gasteiger partial charge in [0.1, 0.15) is 16.9 Å². The van der Waals surface area contributed by atoms with E-state index >= 15 is 0 Å². The third-order valence-corrected chi connectivity index (χ3v) is 10.4. The van der Waals surface area contributed by atoms with Crippen molar-refractivity contribution in [2.24, 2.45) is 0 Å². The monoisotopic (exact) mass is 609 g/mol. The molecule has 0 radical (unpaired) electrons. The second kappa shape index (κ2) is 8.64. The number of hydrogen-bond acceptors (Lipinski definition) is 3. The topological polar surface area (TPSA) is 43.9 Å². The summed E-state index contributed by atoms with van der Waals surface area (Å²) < 4.78 is 8.94. The number of para-hydroxylation sites is 2. The number of furan rings is 1. The standard InChI is InChI=1S/C44H23N3O/c1-2-7-24(8-3-1)28-9-6-10-29(23-28)43-44(46-31-12-5-4-11-30(31)45-43)47-32-19-17-26-15-13-25-14-16-27-18-21-34-41-38(27)36(25)37(26)39(32)40-33(47)20-22-35(48-34)42(40)41/h1-23H. The van der Waals surface area contributed by atoms with Gasteiger partial charge in [-0.2, -0.15) is 0 Å². The highest BCUT2D eigenvalue weighted by molar-refractivity contribution is 6.44. The first-order chi connectivity index (χ1) is 23.8. The van der Waals surface area contributed by atoms with E-state index < -0.39 is 0 Å². The molecule has 12 rings (SSSR count). The van der Waals surface area contributed by atoms with Crippen molar-refractivity contribution in [2.75, 3.05) is 0 Å². The molecule has 0 saturated heterocycles. The highest BCUT2D eigenvalue weighted by Crippen LogP contribution is 2.51. The van der Waals surface area contributed by atoms with E-state index in [1.807, 2.05) is 12.1 Å². The summed E-state index contributed by atoms with van der Waals surface area (Å²) in [6.07, 6.45) is 0. The Bertz CT molecular complexity index is 3220. The molecule has 48 heavy (non-hydrogen) atoms. The van der Waals surface area contributed by atoms with Crippen LogP contribution in [0.25, 0.3) is 115 Å². The molecule has 12 aromatic rings. The molecule has 0 N–H and O–H groups in total. The minimum atomic E-state index is 0.816. The molecule has 0 saturated carbocycles. The highest BCUT2D eigenvalue weighted by Gasteiger charge is 2.27. The Hall–Kier alpha value is -6.52. The van der Waals surface area contributed by atoms with E-state index in [-0.39, 0.29) is 0 Å². The van der Waals surface area contributed by atoms with Crippen LogP contribution in [-0.2, 0) is 0 Å². The van der Waals surface area contributed by atoms with Crippen molar-refractivity contribution in [1.82, 2.24) is 14.5 Å². The molecule has 0 fully saturated rings. The van der Waals surface area contributed by atoms with Gasteiger partial charge in [-0.3, -0.25) is 4.57 Å². The maximum absolute atomic E-state index is 6.59. The number of benzene rings is 8. The molecule has 3 aromatic heterocycles. The Labute approximate surface area is 273 Å². The zero-order valence-electron chi connectivity index (χ0n) is 25.5. The van der Waals surface area contributed by atoms with E-state index in [9.17, 15) is 0 Å². The van der Waals surface area contributed by atoms with Crippen molar-refractivity contribution in [3.63, 3.8) is 0 Å². The van der Waals surface area contributed by atoms with Crippen molar-refractivity contribution >= 4 is 87.1 Å². The normalized spacial score (nSPS) is 12.6. The summed E-state index contributed by atoms with van der Waals surface area (Å²) in [4.78, 5) is 10.8. The fourth-order valence-corrected chi connectivity index (χ4v) is 8.43. The van der Waals surface area contributed by atoms with Gasteiger partial charge in [0, 0.05) is 37.9 Å². The number of hydrogen-bond donors (Lipinski definition) is 0. The fraction of sp³-hybridized carbons (Fsp3) is 0. The highest BCUT2D eigenvalue weighted by atomic mass is 16.3. The molecule has 3 heterocycles. The minimum absolute atomic E-state index is 0.816. The van der Waals surface area contributed by atoms with Crippen LogP contribution in [0.2, 0.25) is 0 Å². The fourth-order valence-electron chi connectivity index (χ4n) is 8.43. The van der Waals surface area contributed by atoms with Crippen molar-refractivity contribution in [1.29, 1.82) is 0 Å². The lowest BCUT2D eigenvalue weighted by molar-refractivity contribution is 0.669. The van der Waals surface area contributed by atoms with Gasteiger partial charge in [-0.1, -0.05) is 97.1 Å². The number of rotatable bonds is 3. The zero-order chi connectivity index (χ0) is 31.1.